The molecule has 0 radical (unpaired) electrons. The summed E-state index contributed by atoms with van der Waals surface area (Å²) in [5.74, 6) is -3.59. The summed E-state index contributed by atoms with van der Waals surface area (Å²) in [6.45, 7) is 3.38. The number of benzene rings is 2. The second-order valence-corrected chi connectivity index (χ2v) is 8.56. The molecule has 2 saturated heterocycles. The molecule has 0 aliphatic carbocycles. The fourth-order valence-corrected chi connectivity index (χ4v) is 5.31. The van der Waals surface area contributed by atoms with Crippen molar-refractivity contribution in [3.05, 3.63) is 65.0 Å². The fourth-order valence-electron chi connectivity index (χ4n) is 5.31. The molecule has 3 amide bonds. The summed E-state index contributed by atoms with van der Waals surface area (Å²) in [5.41, 5.74) is 1.26. The number of halogens is 1. The highest BCUT2D eigenvalue weighted by Crippen LogP contribution is 2.54. The lowest BCUT2D eigenvalue weighted by molar-refractivity contribution is -0.143. The lowest BCUT2D eigenvalue weighted by atomic mass is 9.76. The maximum atomic E-state index is 13.6. The minimum Gasteiger partial charge on any atom is -0.392 e. The van der Waals surface area contributed by atoms with Gasteiger partial charge in [0.1, 0.15) is 11.4 Å². The molecule has 7 nitrogen and oxygen atoms in total. The van der Waals surface area contributed by atoms with Gasteiger partial charge in [0, 0.05) is 17.3 Å². The van der Waals surface area contributed by atoms with Crippen LogP contribution in [0.1, 0.15) is 23.6 Å². The number of carbonyl (C=O) groups excluding carboxylic acids is 3. The standard InChI is InChI=1S/C23H22FN3O4/c1-11-4-3-5-15-18(11)25-22(31)23(15)17-16(19(26-23)12(2)28)20(29)27(21(17)30)10-13-6-8-14(24)9-7-13/h3-9,12,16-17,19,26,28H,10H2,1-2H3,(H,25,31)/t12-,16+,17+,19-,23+/m1/s1. The summed E-state index contributed by atoms with van der Waals surface area (Å²) in [6, 6.07) is 10.3. The van der Waals surface area contributed by atoms with Gasteiger partial charge in [-0.15, -0.1) is 0 Å². The summed E-state index contributed by atoms with van der Waals surface area (Å²) in [5, 5.41) is 16.5. The van der Waals surface area contributed by atoms with Crippen molar-refractivity contribution < 1.29 is 23.9 Å². The lowest BCUT2D eigenvalue weighted by Gasteiger charge is -2.30. The number of imide groups is 1. The van der Waals surface area contributed by atoms with Crippen molar-refractivity contribution in [3.8, 4) is 0 Å². The number of carbonyl (C=O) groups is 3. The van der Waals surface area contributed by atoms with E-state index >= 15 is 0 Å². The van der Waals surface area contributed by atoms with E-state index in [1.54, 1.807) is 12.1 Å². The van der Waals surface area contributed by atoms with Gasteiger partial charge >= 0.3 is 0 Å². The highest BCUT2D eigenvalue weighted by atomic mass is 19.1. The van der Waals surface area contributed by atoms with E-state index in [1.807, 2.05) is 13.0 Å². The first-order chi connectivity index (χ1) is 14.8. The van der Waals surface area contributed by atoms with E-state index in [4.69, 9.17) is 0 Å². The summed E-state index contributed by atoms with van der Waals surface area (Å²) in [6.07, 6.45) is -0.962. The van der Waals surface area contributed by atoms with Crippen LogP contribution in [0, 0.1) is 24.6 Å². The molecule has 2 aromatic carbocycles. The van der Waals surface area contributed by atoms with Gasteiger partial charge in [0.25, 0.3) is 0 Å². The Hall–Kier alpha value is -3.10. The normalized spacial score (nSPS) is 30.0. The minimum atomic E-state index is -1.43. The van der Waals surface area contributed by atoms with Gasteiger partial charge in [-0.2, -0.15) is 0 Å². The molecule has 160 valence electrons. The van der Waals surface area contributed by atoms with E-state index in [0.717, 1.165) is 10.5 Å². The Morgan fingerprint density at radius 3 is 2.52 bits per heavy atom. The third-order valence-electron chi connectivity index (χ3n) is 6.76. The van der Waals surface area contributed by atoms with Gasteiger partial charge in [-0.25, -0.2) is 4.39 Å². The lowest BCUT2D eigenvalue weighted by Crippen LogP contribution is -2.54. The van der Waals surface area contributed by atoms with Crippen LogP contribution in [0.3, 0.4) is 0 Å². The number of para-hydroxylation sites is 1. The second kappa shape index (κ2) is 6.70. The maximum absolute atomic E-state index is 13.6. The van der Waals surface area contributed by atoms with Crippen LogP contribution >= 0.6 is 0 Å². The van der Waals surface area contributed by atoms with Gasteiger partial charge in [-0.1, -0.05) is 30.3 Å². The quantitative estimate of drug-likeness (QED) is 0.649. The number of fused-ring (bicyclic) bond motifs is 4. The zero-order valence-corrected chi connectivity index (χ0v) is 17.1. The van der Waals surface area contributed by atoms with Crippen LogP contribution < -0.4 is 10.6 Å². The molecule has 0 bridgehead atoms. The highest BCUT2D eigenvalue weighted by molar-refractivity contribution is 6.15. The van der Waals surface area contributed by atoms with Gasteiger partial charge in [0.2, 0.25) is 17.7 Å². The Kier molecular flexibility index (Phi) is 4.29. The molecule has 0 unspecified atom stereocenters. The Labute approximate surface area is 178 Å². The Bertz CT molecular complexity index is 1120. The molecule has 2 fully saturated rings. The Morgan fingerprint density at radius 1 is 1.13 bits per heavy atom. The topological polar surface area (TPSA) is 98.7 Å². The highest BCUT2D eigenvalue weighted by Gasteiger charge is 2.71. The van der Waals surface area contributed by atoms with Crippen molar-refractivity contribution in [1.82, 2.24) is 10.2 Å². The molecule has 0 saturated carbocycles. The minimum absolute atomic E-state index is 0.0180. The zero-order chi connectivity index (χ0) is 22.1. The molecule has 3 aliphatic rings. The summed E-state index contributed by atoms with van der Waals surface area (Å²) in [4.78, 5) is 41.3. The van der Waals surface area contributed by atoms with E-state index in [9.17, 15) is 23.9 Å². The van der Waals surface area contributed by atoms with Crippen molar-refractivity contribution in [3.63, 3.8) is 0 Å². The van der Waals surface area contributed by atoms with Crippen molar-refractivity contribution in [2.75, 3.05) is 5.32 Å². The number of aliphatic hydroxyl groups is 1. The molecular formula is C23H22FN3O4. The number of amides is 3. The van der Waals surface area contributed by atoms with Gasteiger partial charge in [0.15, 0.2) is 0 Å². The van der Waals surface area contributed by atoms with E-state index in [1.165, 1.54) is 31.2 Å². The number of hydrogen-bond acceptors (Lipinski definition) is 5. The van der Waals surface area contributed by atoms with Gasteiger partial charge in [-0.05, 0) is 37.1 Å². The first kappa shape index (κ1) is 19.8. The fraction of sp³-hybridized carbons (Fsp3) is 0.348. The molecule has 5 atom stereocenters. The SMILES string of the molecule is Cc1cccc2c1NC(=O)[C@]21N[C@H]([C@@H](C)O)[C@H]2C(=O)N(Cc3ccc(F)cc3)C(=O)[C@H]21. The van der Waals surface area contributed by atoms with Crippen LogP contribution in [-0.2, 0) is 26.5 Å². The van der Waals surface area contributed by atoms with Crippen molar-refractivity contribution in [2.24, 2.45) is 11.8 Å². The number of nitrogens with one attached hydrogen (secondary N) is 2. The molecule has 3 heterocycles. The van der Waals surface area contributed by atoms with E-state index in [2.05, 4.69) is 10.6 Å². The monoisotopic (exact) mass is 423 g/mol. The van der Waals surface area contributed by atoms with Crippen LogP contribution in [0.25, 0.3) is 0 Å². The molecule has 8 heteroatoms. The average molecular weight is 423 g/mol. The molecule has 31 heavy (non-hydrogen) atoms. The van der Waals surface area contributed by atoms with E-state index in [0.29, 0.717) is 16.8 Å². The first-order valence-corrected chi connectivity index (χ1v) is 10.2. The smallest absolute Gasteiger partial charge is 0.250 e. The number of nitrogens with zero attached hydrogens (tertiary/aromatic N) is 1. The van der Waals surface area contributed by atoms with Crippen LogP contribution in [0.5, 0.6) is 0 Å². The third kappa shape index (κ3) is 2.61. The molecule has 5 rings (SSSR count). The van der Waals surface area contributed by atoms with E-state index < -0.39 is 53.1 Å². The zero-order valence-electron chi connectivity index (χ0n) is 17.1. The van der Waals surface area contributed by atoms with Crippen molar-refractivity contribution in [1.29, 1.82) is 0 Å². The molecule has 3 aliphatic heterocycles. The number of hydrogen-bond donors (Lipinski definition) is 3. The molecular weight excluding hydrogens is 401 g/mol. The Morgan fingerprint density at radius 2 is 1.84 bits per heavy atom. The third-order valence-corrected chi connectivity index (χ3v) is 6.76. The first-order valence-electron chi connectivity index (χ1n) is 10.2. The molecule has 1 spiro atoms. The van der Waals surface area contributed by atoms with Crippen LogP contribution in [-0.4, -0.2) is 39.9 Å². The van der Waals surface area contributed by atoms with E-state index in [-0.39, 0.29) is 6.54 Å². The number of rotatable bonds is 3. The maximum Gasteiger partial charge on any atom is 0.250 e. The number of aryl methyl sites for hydroxylation is 1. The largest absolute Gasteiger partial charge is 0.392 e. The predicted octanol–water partition coefficient (Wildman–Crippen LogP) is 1.44. The van der Waals surface area contributed by atoms with Gasteiger partial charge < -0.3 is 10.4 Å². The Balaban J connectivity index is 1.61. The summed E-state index contributed by atoms with van der Waals surface area (Å²) >= 11 is 0. The number of likely N-dealkylation sites (tertiary alicyclic amines) is 1. The van der Waals surface area contributed by atoms with Crippen molar-refractivity contribution in [2.45, 2.75) is 38.1 Å². The average Bonchev–Trinajstić information content (AvgIpc) is 3.32. The molecule has 0 aromatic heterocycles. The number of anilines is 1. The van der Waals surface area contributed by atoms with Gasteiger partial charge in [-0.3, -0.25) is 24.6 Å². The van der Waals surface area contributed by atoms with Crippen LogP contribution in [0.2, 0.25) is 0 Å². The second-order valence-electron chi connectivity index (χ2n) is 8.56. The predicted molar refractivity (Wildman–Crippen MR) is 109 cm³/mol. The molecule has 3 N–H and O–H groups in total. The van der Waals surface area contributed by atoms with Crippen molar-refractivity contribution >= 4 is 23.4 Å². The van der Waals surface area contributed by atoms with Crippen LogP contribution in [0.4, 0.5) is 10.1 Å². The number of aliphatic hydroxyl groups excluding tert-OH is 1. The summed E-state index contributed by atoms with van der Waals surface area (Å²) in [7, 11) is 0. The van der Waals surface area contributed by atoms with Crippen LogP contribution in [0.15, 0.2) is 42.5 Å². The summed E-state index contributed by atoms with van der Waals surface area (Å²) < 4.78 is 13.3. The van der Waals surface area contributed by atoms with Gasteiger partial charge in [0.05, 0.1) is 24.5 Å². The molecule has 2 aromatic rings.